The number of likely N-dealkylation sites (N-methyl/N-ethyl adjacent to an activating group) is 1. The molecule has 1 fully saturated rings. The van der Waals surface area contributed by atoms with Crippen LogP contribution in [0.5, 0.6) is 5.75 Å². The van der Waals surface area contributed by atoms with E-state index < -0.39 is 0 Å². The van der Waals surface area contributed by atoms with Gasteiger partial charge in [0.05, 0.1) is 6.61 Å². The van der Waals surface area contributed by atoms with Crippen LogP contribution >= 0.6 is 0 Å². The molecule has 1 saturated carbocycles. The van der Waals surface area contributed by atoms with Crippen LogP contribution in [0.4, 0.5) is 0 Å². The zero-order chi connectivity index (χ0) is 14.8. The Kier molecular flexibility index (Phi) is 4.51. The normalized spacial score (nSPS) is 20.2. The van der Waals surface area contributed by atoms with Gasteiger partial charge in [0.15, 0.2) is 0 Å². The van der Waals surface area contributed by atoms with Gasteiger partial charge in [-0.25, -0.2) is 0 Å². The molecular weight excluding hydrogens is 260 g/mol. The summed E-state index contributed by atoms with van der Waals surface area (Å²) in [6.45, 7) is 6.48. The lowest BCUT2D eigenvalue weighted by Gasteiger charge is -2.27. The molecule has 0 radical (unpaired) electrons. The standard InChI is InChI=1S/C18H28N2O/c1-4-17(19-12-13(2)20(3)16-6-7-16)14-5-8-18-15(11-14)9-10-21-18/h5,8,11,13,16-17,19H,4,6-7,9-10,12H2,1-3H3. The number of benzene rings is 1. The van der Waals surface area contributed by atoms with Crippen LogP contribution in [0, 0.1) is 0 Å². The molecule has 3 rings (SSSR count). The zero-order valence-corrected chi connectivity index (χ0v) is 13.6. The van der Waals surface area contributed by atoms with Crippen molar-refractivity contribution in [3.8, 4) is 5.75 Å². The van der Waals surface area contributed by atoms with Gasteiger partial charge in [0, 0.05) is 31.1 Å². The highest BCUT2D eigenvalue weighted by atomic mass is 16.5. The van der Waals surface area contributed by atoms with Gasteiger partial charge in [0.1, 0.15) is 5.75 Å². The number of ether oxygens (including phenoxy) is 1. The van der Waals surface area contributed by atoms with Crippen LogP contribution in [0.3, 0.4) is 0 Å². The molecule has 2 atom stereocenters. The Morgan fingerprint density at radius 3 is 2.90 bits per heavy atom. The van der Waals surface area contributed by atoms with Gasteiger partial charge < -0.3 is 10.1 Å². The van der Waals surface area contributed by atoms with Crippen LogP contribution < -0.4 is 10.1 Å². The lowest BCUT2D eigenvalue weighted by Crippen LogP contribution is -2.40. The second kappa shape index (κ2) is 6.37. The topological polar surface area (TPSA) is 24.5 Å². The fraction of sp³-hybridized carbons (Fsp3) is 0.667. The molecule has 1 N–H and O–H groups in total. The highest BCUT2D eigenvalue weighted by Crippen LogP contribution is 2.30. The van der Waals surface area contributed by atoms with E-state index in [0.717, 1.165) is 37.8 Å². The average molecular weight is 288 g/mol. The van der Waals surface area contributed by atoms with E-state index in [1.54, 1.807) is 0 Å². The van der Waals surface area contributed by atoms with Gasteiger partial charge in [0.2, 0.25) is 0 Å². The summed E-state index contributed by atoms with van der Waals surface area (Å²) in [5, 5.41) is 3.76. The number of fused-ring (bicyclic) bond motifs is 1. The number of hydrogen-bond acceptors (Lipinski definition) is 3. The maximum absolute atomic E-state index is 5.60. The summed E-state index contributed by atoms with van der Waals surface area (Å²) < 4.78 is 5.60. The Balaban J connectivity index is 1.59. The van der Waals surface area contributed by atoms with E-state index in [-0.39, 0.29) is 0 Å². The maximum Gasteiger partial charge on any atom is 0.122 e. The monoisotopic (exact) mass is 288 g/mol. The molecule has 1 aliphatic heterocycles. The highest BCUT2D eigenvalue weighted by molar-refractivity contribution is 5.40. The minimum atomic E-state index is 0.450. The summed E-state index contributed by atoms with van der Waals surface area (Å²) in [6.07, 6.45) is 4.94. The van der Waals surface area contributed by atoms with Gasteiger partial charge in [-0.05, 0) is 50.4 Å². The van der Waals surface area contributed by atoms with E-state index in [4.69, 9.17) is 4.74 Å². The molecule has 1 aliphatic carbocycles. The van der Waals surface area contributed by atoms with Crippen molar-refractivity contribution in [2.45, 2.75) is 57.7 Å². The van der Waals surface area contributed by atoms with E-state index in [1.807, 2.05) is 0 Å². The summed E-state index contributed by atoms with van der Waals surface area (Å²) in [4.78, 5) is 2.52. The first-order valence-corrected chi connectivity index (χ1v) is 8.40. The van der Waals surface area contributed by atoms with Gasteiger partial charge in [-0.15, -0.1) is 0 Å². The fourth-order valence-corrected chi connectivity index (χ4v) is 3.22. The summed E-state index contributed by atoms with van der Waals surface area (Å²) in [6, 6.07) is 8.58. The van der Waals surface area contributed by atoms with Crippen LogP contribution in [0.2, 0.25) is 0 Å². The van der Waals surface area contributed by atoms with Crippen molar-refractivity contribution in [2.24, 2.45) is 0 Å². The third kappa shape index (κ3) is 3.41. The van der Waals surface area contributed by atoms with Crippen molar-refractivity contribution in [3.05, 3.63) is 29.3 Å². The molecule has 3 nitrogen and oxygen atoms in total. The fourth-order valence-electron chi connectivity index (χ4n) is 3.22. The molecule has 1 aromatic carbocycles. The Labute approximate surface area is 128 Å². The first kappa shape index (κ1) is 14.9. The van der Waals surface area contributed by atoms with E-state index in [1.165, 1.54) is 24.0 Å². The van der Waals surface area contributed by atoms with Crippen molar-refractivity contribution in [3.63, 3.8) is 0 Å². The molecule has 116 valence electrons. The summed E-state index contributed by atoms with van der Waals surface area (Å²) >= 11 is 0. The minimum Gasteiger partial charge on any atom is -0.493 e. The van der Waals surface area contributed by atoms with Crippen LogP contribution in [0.25, 0.3) is 0 Å². The quantitative estimate of drug-likeness (QED) is 0.834. The van der Waals surface area contributed by atoms with Crippen molar-refractivity contribution in [1.82, 2.24) is 10.2 Å². The highest BCUT2D eigenvalue weighted by Gasteiger charge is 2.29. The maximum atomic E-state index is 5.60. The SMILES string of the molecule is CCC(NCC(C)N(C)C1CC1)c1ccc2c(c1)CCO2. The summed E-state index contributed by atoms with van der Waals surface area (Å²) in [5.74, 6) is 1.08. The van der Waals surface area contributed by atoms with Crippen molar-refractivity contribution < 1.29 is 4.74 Å². The molecule has 21 heavy (non-hydrogen) atoms. The molecule has 0 saturated heterocycles. The molecule has 2 unspecified atom stereocenters. The molecule has 0 bridgehead atoms. The smallest absolute Gasteiger partial charge is 0.122 e. The second-order valence-corrected chi connectivity index (χ2v) is 6.58. The predicted octanol–water partition coefficient (Wildman–Crippen LogP) is 3.14. The lowest BCUT2D eigenvalue weighted by molar-refractivity contribution is 0.235. The average Bonchev–Trinajstić information content (AvgIpc) is 3.24. The third-order valence-electron chi connectivity index (χ3n) is 5.00. The van der Waals surface area contributed by atoms with E-state index in [0.29, 0.717) is 12.1 Å². The summed E-state index contributed by atoms with van der Waals surface area (Å²) in [5.41, 5.74) is 2.78. The number of nitrogens with zero attached hydrogens (tertiary/aromatic N) is 1. The molecule has 0 amide bonds. The molecule has 0 aromatic heterocycles. The third-order valence-corrected chi connectivity index (χ3v) is 5.00. The Morgan fingerprint density at radius 1 is 1.38 bits per heavy atom. The van der Waals surface area contributed by atoms with Crippen LogP contribution in [-0.4, -0.2) is 37.2 Å². The first-order valence-electron chi connectivity index (χ1n) is 8.40. The Bertz CT molecular complexity index is 484. The molecule has 0 spiro atoms. The molecular formula is C18H28N2O. The van der Waals surface area contributed by atoms with E-state index >= 15 is 0 Å². The molecule has 2 aliphatic rings. The van der Waals surface area contributed by atoms with Gasteiger partial charge in [-0.2, -0.15) is 0 Å². The van der Waals surface area contributed by atoms with Crippen LogP contribution in [0.1, 0.15) is 50.3 Å². The van der Waals surface area contributed by atoms with Gasteiger partial charge >= 0.3 is 0 Å². The summed E-state index contributed by atoms with van der Waals surface area (Å²) in [7, 11) is 2.26. The molecule has 3 heteroatoms. The van der Waals surface area contributed by atoms with Crippen LogP contribution in [-0.2, 0) is 6.42 Å². The second-order valence-electron chi connectivity index (χ2n) is 6.58. The van der Waals surface area contributed by atoms with E-state index in [9.17, 15) is 0 Å². The zero-order valence-electron chi connectivity index (χ0n) is 13.6. The molecule has 1 heterocycles. The van der Waals surface area contributed by atoms with Crippen LogP contribution in [0.15, 0.2) is 18.2 Å². The number of hydrogen-bond donors (Lipinski definition) is 1. The minimum absolute atomic E-state index is 0.450. The largest absolute Gasteiger partial charge is 0.493 e. The predicted molar refractivity (Wildman–Crippen MR) is 86.9 cm³/mol. The molecule has 1 aromatic rings. The van der Waals surface area contributed by atoms with Crippen molar-refractivity contribution in [2.75, 3.05) is 20.2 Å². The van der Waals surface area contributed by atoms with Crippen molar-refractivity contribution in [1.29, 1.82) is 0 Å². The van der Waals surface area contributed by atoms with Gasteiger partial charge in [0.25, 0.3) is 0 Å². The number of nitrogens with one attached hydrogen (secondary N) is 1. The number of rotatable bonds is 7. The van der Waals surface area contributed by atoms with E-state index in [2.05, 4.69) is 49.3 Å². The Morgan fingerprint density at radius 2 is 2.19 bits per heavy atom. The van der Waals surface area contributed by atoms with Crippen molar-refractivity contribution >= 4 is 0 Å². The lowest BCUT2D eigenvalue weighted by atomic mass is 10.0. The van der Waals surface area contributed by atoms with Gasteiger partial charge in [-0.1, -0.05) is 19.1 Å². The first-order chi connectivity index (χ1) is 10.2. The Hall–Kier alpha value is -1.06. The van der Waals surface area contributed by atoms with Gasteiger partial charge in [-0.3, -0.25) is 4.90 Å².